The summed E-state index contributed by atoms with van der Waals surface area (Å²) in [7, 11) is -3.90. The number of carbonyl (C=O) groups is 1. The van der Waals surface area contributed by atoms with Gasteiger partial charge in [-0.25, -0.2) is 18.2 Å². The van der Waals surface area contributed by atoms with Crippen LogP contribution in [0.2, 0.25) is 10.0 Å². The van der Waals surface area contributed by atoms with Gasteiger partial charge in [-0.2, -0.15) is 0 Å². The molecule has 3 rings (SSSR count). The van der Waals surface area contributed by atoms with Gasteiger partial charge in [-0.05, 0) is 35.9 Å². The maximum atomic E-state index is 12.9. The molecular formula is C23H19Cl2NO5S. The van der Waals surface area contributed by atoms with Crippen LogP contribution in [-0.2, 0) is 26.8 Å². The second kappa shape index (κ2) is 10.6. The summed E-state index contributed by atoms with van der Waals surface area (Å²) in [5.74, 6) is -1.28. The first kappa shape index (κ1) is 23.8. The SMILES string of the molecule is O=C(O)/C=C/c1nc(CS(=O)(=O)c2c(Cl)cccc2Cl)ccc1OCCc1ccccc1. The van der Waals surface area contributed by atoms with Crippen LogP contribution in [0.25, 0.3) is 6.08 Å². The molecule has 0 unspecified atom stereocenters. The van der Waals surface area contributed by atoms with E-state index >= 15 is 0 Å². The van der Waals surface area contributed by atoms with E-state index in [-0.39, 0.29) is 26.3 Å². The molecule has 0 aliphatic rings. The van der Waals surface area contributed by atoms with Gasteiger partial charge in [0.2, 0.25) is 0 Å². The van der Waals surface area contributed by atoms with E-state index < -0.39 is 21.6 Å². The average Bonchev–Trinajstić information content (AvgIpc) is 2.73. The summed E-state index contributed by atoms with van der Waals surface area (Å²) in [6.45, 7) is 0.340. The van der Waals surface area contributed by atoms with E-state index in [4.69, 9.17) is 33.0 Å². The largest absolute Gasteiger partial charge is 0.491 e. The highest BCUT2D eigenvalue weighted by Gasteiger charge is 2.23. The third-order valence-corrected chi connectivity index (χ3v) is 6.98. The minimum absolute atomic E-state index is 0.0179. The van der Waals surface area contributed by atoms with Crippen molar-refractivity contribution in [1.29, 1.82) is 0 Å². The van der Waals surface area contributed by atoms with Crippen molar-refractivity contribution in [1.82, 2.24) is 4.98 Å². The number of rotatable bonds is 9. The molecule has 1 N–H and O–H groups in total. The van der Waals surface area contributed by atoms with Crippen molar-refractivity contribution in [2.24, 2.45) is 0 Å². The van der Waals surface area contributed by atoms with Gasteiger partial charge in [0, 0.05) is 12.5 Å². The smallest absolute Gasteiger partial charge is 0.328 e. The van der Waals surface area contributed by atoms with Crippen molar-refractivity contribution in [3.63, 3.8) is 0 Å². The standard InChI is InChI=1S/C23H19Cl2NO5S/c24-18-7-4-8-19(25)23(18)32(29,30)15-17-9-11-21(20(26-17)10-12-22(27)28)31-14-13-16-5-2-1-3-6-16/h1-12H,13-15H2,(H,27,28)/b12-10+. The van der Waals surface area contributed by atoms with Gasteiger partial charge in [0.05, 0.1) is 28.1 Å². The Morgan fingerprint density at radius 3 is 2.34 bits per heavy atom. The number of hydrogen-bond donors (Lipinski definition) is 1. The second-order valence-corrected chi connectivity index (χ2v) is 9.49. The Morgan fingerprint density at radius 2 is 1.69 bits per heavy atom. The van der Waals surface area contributed by atoms with Crippen LogP contribution in [0, 0.1) is 0 Å². The molecule has 1 aromatic heterocycles. The molecule has 0 spiro atoms. The monoisotopic (exact) mass is 491 g/mol. The molecule has 32 heavy (non-hydrogen) atoms. The van der Waals surface area contributed by atoms with Crippen LogP contribution < -0.4 is 4.74 Å². The van der Waals surface area contributed by atoms with Crippen LogP contribution in [0.3, 0.4) is 0 Å². The maximum Gasteiger partial charge on any atom is 0.328 e. The van der Waals surface area contributed by atoms with Gasteiger partial charge >= 0.3 is 5.97 Å². The van der Waals surface area contributed by atoms with Crippen LogP contribution in [0.5, 0.6) is 5.75 Å². The number of aliphatic carboxylic acids is 1. The molecule has 0 amide bonds. The topological polar surface area (TPSA) is 93.6 Å². The fraction of sp³-hybridized carbons (Fsp3) is 0.130. The van der Waals surface area contributed by atoms with E-state index in [2.05, 4.69) is 4.98 Å². The summed E-state index contributed by atoms with van der Waals surface area (Å²) >= 11 is 12.1. The number of sulfone groups is 1. The van der Waals surface area contributed by atoms with Gasteiger partial charge < -0.3 is 9.84 Å². The number of hydrogen-bond acceptors (Lipinski definition) is 5. The molecule has 0 saturated heterocycles. The molecule has 0 radical (unpaired) electrons. The molecule has 2 aromatic carbocycles. The number of ether oxygens (including phenoxy) is 1. The van der Waals surface area contributed by atoms with Crippen LogP contribution in [-0.4, -0.2) is 31.1 Å². The lowest BCUT2D eigenvalue weighted by Gasteiger charge is -2.12. The zero-order valence-electron chi connectivity index (χ0n) is 16.7. The molecule has 3 aromatic rings. The lowest BCUT2D eigenvalue weighted by atomic mass is 10.2. The van der Waals surface area contributed by atoms with Crippen molar-refractivity contribution >= 4 is 45.1 Å². The predicted octanol–water partition coefficient (Wildman–Crippen LogP) is 5.08. The van der Waals surface area contributed by atoms with Gasteiger partial charge in [0.15, 0.2) is 9.84 Å². The van der Waals surface area contributed by atoms with Crippen molar-refractivity contribution in [3.8, 4) is 5.75 Å². The van der Waals surface area contributed by atoms with Gasteiger partial charge in [-0.3, -0.25) is 0 Å². The molecule has 9 heteroatoms. The van der Waals surface area contributed by atoms with Gasteiger partial charge in [0.25, 0.3) is 0 Å². The Labute approximate surface area is 196 Å². The van der Waals surface area contributed by atoms with Crippen LogP contribution in [0.15, 0.2) is 71.6 Å². The number of pyridine rings is 1. The number of carboxylic acid groups (broad SMARTS) is 1. The molecule has 1 heterocycles. The molecular weight excluding hydrogens is 473 g/mol. The molecule has 0 aliphatic carbocycles. The number of halogens is 2. The van der Waals surface area contributed by atoms with E-state index in [0.717, 1.165) is 11.6 Å². The summed E-state index contributed by atoms with van der Waals surface area (Å²) in [4.78, 5) is 15.1. The fourth-order valence-corrected chi connectivity index (χ4v) is 5.47. The number of aromatic nitrogens is 1. The van der Waals surface area contributed by atoms with Crippen LogP contribution >= 0.6 is 23.2 Å². The minimum Gasteiger partial charge on any atom is -0.491 e. The average molecular weight is 492 g/mol. The lowest BCUT2D eigenvalue weighted by molar-refractivity contribution is -0.131. The van der Waals surface area contributed by atoms with E-state index in [1.54, 1.807) is 12.1 Å². The second-order valence-electron chi connectivity index (χ2n) is 6.75. The first-order chi connectivity index (χ1) is 15.3. The molecule has 6 nitrogen and oxygen atoms in total. The van der Waals surface area contributed by atoms with Crippen LogP contribution in [0.1, 0.15) is 17.0 Å². The summed E-state index contributed by atoms with van der Waals surface area (Å²) in [6, 6.07) is 17.2. The normalized spacial score (nSPS) is 11.6. The highest BCUT2D eigenvalue weighted by Crippen LogP contribution is 2.31. The lowest BCUT2D eigenvalue weighted by Crippen LogP contribution is -2.09. The number of nitrogens with zero attached hydrogens (tertiary/aromatic N) is 1. The zero-order valence-corrected chi connectivity index (χ0v) is 19.1. The van der Waals surface area contributed by atoms with Crippen molar-refractivity contribution < 1.29 is 23.1 Å². The molecule has 166 valence electrons. The number of carboxylic acids is 1. The molecule has 0 aliphatic heterocycles. The van der Waals surface area contributed by atoms with E-state index in [1.807, 2.05) is 30.3 Å². The Morgan fingerprint density at radius 1 is 1.00 bits per heavy atom. The Kier molecular flexibility index (Phi) is 7.90. The van der Waals surface area contributed by atoms with Crippen LogP contribution in [0.4, 0.5) is 0 Å². The summed E-state index contributed by atoms with van der Waals surface area (Å²) in [6.07, 6.45) is 2.82. The zero-order chi connectivity index (χ0) is 23.1. The fourth-order valence-electron chi connectivity index (χ4n) is 2.95. The first-order valence-corrected chi connectivity index (χ1v) is 11.9. The highest BCUT2D eigenvalue weighted by atomic mass is 35.5. The number of benzene rings is 2. The van der Waals surface area contributed by atoms with Crippen molar-refractivity contribution in [2.75, 3.05) is 6.61 Å². The first-order valence-electron chi connectivity index (χ1n) is 9.51. The third kappa shape index (κ3) is 6.32. The van der Waals surface area contributed by atoms with Crippen molar-refractivity contribution in [3.05, 3.63) is 93.7 Å². The summed E-state index contributed by atoms with van der Waals surface area (Å²) < 4.78 is 31.5. The Hall–Kier alpha value is -2.87. The van der Waals surface area contributed by atoms with E-state index in [9.17, 15) is 13.2 Å². The van der Waals surface area contributed by atoms with Crippen molar-refractivity contribution in [2.45, 2.75) is 17.1 Å². The maximum absolute atomic E-state index is 12.9. The molecule has 0 saturated carbocycles. The molecule has 0 atom stereocenters. The van der Waals surface area contributed by atoms with Gasteiger partial charge in [0.1, 0.15) is 16.3 Å². The third-order valence-electron chi connectivity index (χ3n) is 4.39. The molecule has 0 fully saturated rings. The highest BCUT2D eigenvalue weighted by molar-refractivity contribution is 7.90. The Balaban J connectivity index is 1.84. The van der Waals surface area contributed by atoms with Gasteiger partial charge in [-0.15, -0.1) is 0 Å². The van der Waals surface area contributed by atoms with E-state index in [1.165, 1.54) is 24.3 Å². The molecule has 0 bridgehead atoms. The van der Waals surface area contributed by atoms with Gasteiger partial charge in [-0.1, -0.05) is 59.6 Å². The predicted molar refractivity (Wildman–Crippen MR) is 124 cm³/mol. The van der Waals surface area contributed by atoms with E-state index in [0.29, 0.717) is 18.8 Å². The Bertz CT molecular complexity index is 1220. The minimum atomic E-state index is -3.90. The summed E-state index contributed by atoms with van der Waals surface area (Å²) in [5.41, 5.74) is 1.49. The quantitative estimate of drug-likeness (QED) is 0.419. The summed E-state index contributed by atoms with van der Waals surface area (Å²) in [5, 5.41) is 9.01.